The molecule has 1 amide bonds. The minimum Gasteiger partial charge on any atom is -0.485 e. The number of nitrogens with zero attached hydrogens (tertiary/aromatic N) is 1. The van der Waals surface area contributed by atoms with E-state index in [9.17, 15) is 13.6 Å². The number of carbonyl (C=O) groups excluding carboxylic acids is 1. The van der Waals surface area contributed by atoms with E-state index >= 15 is 0 Å². The van der Waals surface area contributed by atoms with Crippen molar-refractivity contribution in [3.8, 4) is 5.75 Å². The molecule has 0 bridgehead atoms. The summed E-state index contributed by atoms with van der Waals surface area (Å²) >= 11 is 0. The fourth-order valence-electron chi connectivity index (χ4n) is 2.13. The number of pyridine rings is 1. The van der Waals surface area contributed by atoms with Crippen LogP contribution in [-0.4, -0.2) is 41.7 Å². The molecule has 1 aliphatic carbocycles. The van der Waals surface area contributed by atoms with E-state index in [1.54, 1.807) is 0 Å². The Balaban J connectivity index is 2.03. The molecule has 1 heterocycles. The average molecular weight is 300 g/mol. The Labute approximate surface area is 121 Å². The van der Waals surface area contributed by atoms with Gasteiger partial charge in [0.05, 0.1) is 0 Å². The zero-order valence-electron chi connectivity index (χ0n) is 11.5. The summed E-state index contributed by atoms with van der Waals surface area (Å²) in [6.45, 7) is -0.799. The quantitative estimate of drug-likeness (QED) is 0.765. The number of amides is 1. The molecule has 1 aromatic rings. The minimum atomic E-state index is -2.62. The highest BCUT2D eigenvalue weighted by Gasteiger charge is 2.32. The molecule has 21 heavy (non-hydrogen) atoms. The molecule has 1 atom stereocenters. The van der Waals surface area contributed by atoms with Gasteiger partial charge in [0.15, 0.2) is 11.4 Å². The van der Waals surface area contributed by atoms with Crippen LogP contribution < -0.4 is 10.1 Å². The van der Waals surface area contributed by atoms with Gasteiger partial charge in [0.1, 0.15) is 6.61 Å². The van der Waals surface area contributed by atoms with Crippen molar-refractivity contribution in [1.82, 2.24) is 10.3 Å². The zero-order valence-corrected chi connectivity index (χ0v) is 11.5. The molecule has 116 valence electrons. The lowest BCUT2D eigenvalue weighted by Crippen LogP contribution is -2.37. The summed E-state index contributed by atoms with van der Waals surface area (Å²) in [5.74, 6) is -0.0608. The van der Waals surface area contributed by atoms with Crippen LogP contribution in [0, 0.1) is 5.92 Å². The summed E-state index contributed by atoms with van der Waals surface area (Å²) in [4.78, 5) is 16.1. The number of aliphatic hydroxyl groups excluding tert-OH is 1. The molecule has 1 fully saturated rings. The number of alkyl halides is 2. The summed E-state index contributed by atoms with van der Waals surface area (Å²) in [5, 5.41) is 11.8. The van der Waals surface area contributed by atoms with Crippen molar-refractivity contribution in [2.24, 2.45) is 5.92 Å². The maximum atomic E-state index is 12.2. The van der Waals surface area contributed by atoms with Crippen molar-refractivity contribution < 1.29 is 23.4 Å². The fraction of sp³-hybridized carbons (Fsp3) is 0.571. The number of nitrogens with one attached hydrogen (secondary N) is 1. The van der Waals surface area contributed by atoms with Gasteiger partial charge in [0.2, 0.25) is 0 Å². The molecule has 1 aromatic heterocycles. The number of ether oxygens (including phenoxy) is 1. The topological polar surface area (TPSA) is 71.5 Å². The van der Waals surface area contributed by atoms with E-state index in [1.165, 1.54) is 18.3 Å². The lowest BCUT2D eigenvalue weighted by molar-refractivity contribution is 0.0785. The van der Waals surface area contributed by atoms with Crippen LogP contribution in [0.3, 0.4) is 0 Å². The molecule has 0 spiro atoms. The molecular formula is C14H18F2N2O3. The molecule has 0 radical (unpaired) electrons. The van der Waals surface area contributed by atoms with E-state index in [0.717, 1.165) is 12.8 Å². The molecule has 1 aliphatic rings. The lowest BCUT2D eigenvalue weighted by atomic mass is 10.1. The van der Waals surface area contributed by atoms with E-state index in [1.807, 2.05) is 0 Å². The van der Waals surface area contributed by atoms with Crippen molar-refractivity contribution in [2.45, 2.75) is 31.7 Å². The molecule has 2 N–H and O–H groups in total. The van der Waals surface area contributed by atoms with Crippen molar-refractivity contribution in [3.63, 3.8) is 0 Å². The van der Waals surface area contributed by atoms with Crippen LogP contribution in [0.25, 0.3) is 0 Å². The van der Waals surface area contributed by atoms with Gasteiger partial charge in [-0.1, -0.05) is 0 Å². The molecule has 1 unspecified atom stereocenters. The summed E-state index contributed by atoms with van der Waals surface area (Å²) in [6.07, 6.45) is 1.29. The number of hydrogen-bond acceptors (Lipinski definition) is 4. The molecule has 5 nitrogen and oxygen atoms in total. The van der Waals surface area contributed by atoms with Gasteiger partial charge in [-0.3, -0.25) is 4.79 Å². The van der Waals surface area contributed by atoms with Gasteiger partial charge >= 0.3 is 0 Å². The first-order chi connectivity index (χ1) is 10.1. The van der Waals surface area contributed by atoms with Crippen LogP contribution in [0.4, 0.5) is 8.78 Å². The maximum Gasteiger partial charge on any atom is 0.273 e. The van der Waals surface area contributed by atoms with E-state index in [0.29, 0.717) is 12.3 Å². The molecule has 7 heteroatoms. The first kappa shape index (κ1) is 15.6. The molecule has 2 rings (SSSR count). The predicted octanol–water partition coefficient (Wildman–Crippen LogP) is 1.62. The Morgan fingerprint density at radius 1 is 1.52 bits per heavy atom. The van der Waals surface area contributed by atoms with Crippen molar-refractivity contribution in [3.05, 3.63) is 24.0 Å². The number of carbonyl (C=O) groups is 1. The Hall–Kier alpha value is -1.76. The van der Waals surface area contributed by atoms with Gasteiger partial charge in [-0.25, -0.2) is 13.8 Å². The summed E-state index contributed by atoms with van der Waals surface area (Å²) in [5.41, 5.74) is -0.0123. The number of aromatic nitrogens is 1. The Morgan fingerprint density at radius 2 is 2.29 bits per heavy atom. The smallest absolute Gasteiger partial charge is 0.273 e. The Bertz CT molecular complexity index is 481. The van der Waals surface area contributed by atoms with Crippen LogP contribution in [0.2, 0.25) is 0 Å². The van der Waals surface area contributed by atoms with E-state index in [4.69, 9.17) is 9.84 Å². The molecular weight excluding hydrogens is 282 g/mol. The zero-order chi connectivity index (χ0) is 15.2. The predicted molar refractivity (Wildman–Crippen MR) is 71.4 cm³/mol. The van der Waals surface area contributed by atoms with Gasteiger partial charge in [0, 0.05) is 18.8 Å². The third-order valence-corrected chi connectivity index (χ3v) is 3.30. The Kier molecular flexibility index (Phi) is 5.44. The van der Waals surface area contributed by atoms with Crippen molar-refractivity contribution in [2.75, 3.05) is 13.2 Å². The number of hydrogen-bond donors (Lipinski definition) is 2. The second-order valence-corrected chi connectivity index (χ2v) is 4.98. The first-order valence-electron chi connectivity index (χ1n) is 6.89. The minimum absolute atomic E-state index is 0.0123. The number of aliphatic hydroxyl groups is 1. The first-order valence-corrected chi connectivity index (χ1v) is 6.89. The van der Waals surface area contributed by atoms with Crippen molar-refractivity contribution in [1.29, 1.82) is 0 Å². The molecule has 0 saturated heterocycles. The normalized spacial score (nSPS) is 15.8. The highest BCUT2D eigenvalue weighted by atomic mass is 19.3. The SMILES string of the molecule is O=C(NC(CCO)C1CC1)c1ncccc1OCC(F)F. The summed E-state index contributed by atoms with van der Waals surface area (Å²) in [6, 6.07) is 2.83. The summed E-state index contributed by atoms with van der Waals surface area (Å²) < 4.78 is 29.3. The molecule has 0 aliphatic heterocycles. The van der Waals surface area contributed by atoms with Gasteiger partial charge in [-0.05, 0) is 37.3 Å². The highest BCUT2D eigenvalue weighted by Crippen LogP contribution is 2.34. The molecule has 0 aromatic carbocycles. The molecule has 1 saturated carbocycles. The van der Waals surface area contributed by atoms with Crippen molar-refractivity contribution >= 4 is 5.91 Å². The van der Waals surface area contributed by atoms with Crippen LogP contribution in [0.15, 0.2) is 18.3 Å². The van der Waals surface area contributed by atoms with Gasteiger partial charge in [-0.2, -0.15) is 0 Å². The lowest BCUT2D eigenvalue weighted by Gasteiger charge is -2.18. The highest BCUT2D eigenvalue weighted by molar-refractivity contribution is 5.95. The average Bonchev–Trinajstić information content (AvgIpc) is 3.29. The third kappa shape index (κ3) is 4.63. The fourth-order valence-corrected chi connectivity index (χ4v) is 2.13. The Morgan fingerprint density at radius 3 is 2.90 bits per heavy atom. The van der Waals surface area contributed by atoms with E-state index in [-0.39, 0.29) is 24.1 Å². The van der Waals surface area contributed by atoms with E-state index in [2.05, 4.69) is 10.3 Å². The second-order valence-electron chi connectivity index (χ2n) is 4.98. The van der Waals surface area contributed by atoms with E-state index < -0.39 is 18.9 Å². The van der Waals surface area contributed by atoms with Crippen LogP contribution in [0.1, 0.15) is 29.8 Å². The van der Waals surface area contributed by atoms with Gasteiger partial charge < -0.3 is 15.2 Å². The standard InChI is InChI=1S/C14H18F2N2O3/c15-12(16)8-21-11-2-1-6-17-13(11)14(20)18-10(5-7-19)9-3-4-9/h1-2,6,9-10,12,19H,3-5,7-8H2,(H,18,20). The van der Waals surface area contributed by atoms with Gasteiger partial charge in [0.25, 0.3) is 12.3 Å². The largest absolute Gasteiger partial charge is 0.485 e. The monoisotopic (exact) mass is 300 g/mol. The third-order valence-electron chi connectivity index (χ3n) is 3.30. The summed E-state index contributed by atoms with van der Waals surface area (Å²) in [7, 11) is 0. The second kappa shape index (κ2) is 7.31. The van der Waals surface area contributed by atoms with Crippen LogP contribution in [-0.2, 0) is 0 Å². The van der Waals surface area contributed by atoms with Gasteiger partial charge in [-0.15, -0.1) is 0 Å². The van der Waals surface area contributed by atoms with Crippen LogP contribution >= 0.6 is 0 Å². The van der Waals surface area contributed by atoms with Crippen LogP contribution in [0.5, 0.6) is 5.75 Å². The maximum absolute atomic E-state index is 12.2. The number of rotatable bonds is 8. The number of halogens is 2.